The number of hydrogen-bond acceptors (Lipinski definition) is 5. The molecule has 1 aromatic carbocycles. The van der Waals surface area contributed by atoms with Crippen molar-refractivity contribution >= 4 is 27.1 Å². The molecule has 0 aliphatic carbocycles. The summed E-state index contributed by atoms with van der Waals surface area (Å²) in [6.07, 6.45) is 5.50. The van der Waals surface area contributed by atoms with Gasteiger partial charge in [-0.25, -0.2) is 26.4 Å². The first kappa shape index (κ1) is 22.7. The molecule has 3 heterocycles. The molecule has 3 aromatic rings. The SMILES string of the molecule is CC(C)S(=O)(=O)NC(=O)c1cnn2ccc(N3CCCC3)cc12.Fc1ccc(F)cc1.[HH]. The third kappa shape index (κ3) is 5.57. The first-order valence-corrected chi connectivity index (χ1v) is 11.4. The average Bonchev–Trinajstić information content (AvgIpc) is 3.39. The normalized spacial score (nSPS) is 13.9. The third-order valence-corrected chi connectivity index (χ3v) is 6.59. The van der Waals surface area contributed by atoms with Gasteiger partial charge in [-0.2, -0.15) is 5.10 Å². The number of hydrogen-bond donors (Lipinski definition) is 1. The molecule has 31 heavy (non-hydrogen) atoms. The van der Waals surface area contributed by atoms with Crippen LogP contribution in [0.2, 0.25) is 0 Å². The van der Waals surface area contributed by atoms with Crippen LogP contribution in [0.4, 0.5) is 14.5 Å². The molecule has 0 radical (unpaired) electrons. The summed E-state index contributed by atoms with van der Waals surface area (Å²) < 4.78 is 51.3. The topological polar surface area (TPSA) is 83.8 Å². The predicted octanol–water partition coefficient (Wildman–Crippen LogP) is 3.61. The van der Waals surface area contributed by atoms with Crippen LogP contribution in [0.3, 0.4) is 0 Å². The van der Waals surface area contributed by atoms with E-state index in [1.165, 1.54) is 20.0 Å². The first-order valence-electron chi connectivity index (χ1n) is 9.87. The van der Waals surface area contributed by atoms with Crippen molar-refractivity contribution in [1.82, 2.24) is 14.3 Å². The van der Waals surface area contributed by atoms with Crippen molar-refractivity contribution < 1.29 is 23.4 Å². The number of halogens is 2. The standard InChI is InChI=1S/C15H20N4O3S.C6H4F2.H2/c1-11(2)23(21,22)17-15(20)13-10-16-19-8-5-12(9-14(13)19)18-6-3-4-7-18;7-5-1-2-6(8)4-3-5;/h5,8-11H,3-4,6-7H2,1-2H3,(H,17,20);1-4H;1H. The van der Waals surface area contributed by atoms with Crippen LogP contribution in [0.1, 0.15) is 38.5 Å². The molecule has 4 rings (SSSR count). The minimum atomic E-state index is -3.66. The van der Waals surface area contributed by atoms with E-state index >= 15 is 0 Å². The van der Waals surface area contributed by atoms with Crippen LogP contribution in [0, 0.1) is 11.6 Å². The maximum absolute atomic E-state index is 12.3. The number of carbonyl (C=O) groups is 1. The fourth-order valence-corrected chi connectivity index (χ4v) is 3.65. The number of anilines is 1. The minimum absolute atomic E-state index is 0. The molecule has 7 nitrogen and oxygen atoms in total. The van der Waals surface area contributed by atoms with Crippen molar-refractivity contribution in [2.24, 2.45) is 0 Å². The highest BCUT2D eigenvalue weighted by Gasteiger charge is 2.23. The van der Waals surface area contributed by atoms with E-state index in [9.17, 15) is 22.0 Å². The zero-order chi connectivity index (χ0) is 22.6. The zero-order valence-corrected chi connectivity index (χ0v) is 18.1. The molecule has 1 aliphatic rings. The van der Waals surface area contributed by atoms with Crippen molar-refractivity contribution in [2.45, 2.75) is 31.9 Å². The molecule has 0 saturated carbocycles. The van der Waals surface area contributed by atoms with Gasteiger partial charge in [0.2, 0.25) is 10.0 Å². The van der Waals surface area contributed by atoms with Gasteiger partial charge in [0.25, 0.3) is 5.91 Å². The number of sulfonamides is 1. The van der Waals surface area contributed by atoms with E-state index in [1.54, 1.807) is 10.7 Å². The van der Waals surface area contributed by atoms with Gasteiger partial charge in [-0.15, -0.1) is 0 Å². The van der Waals surface area contributed by atoms with Gasteiger partial charge in [-0.1, -0.05) is 0 Å². The summed E-state index contributed by atoms with van der Waals surface area (Å²) in [6.45, 7) is 5.04. The van der Waals surface area contributed by atoms with Gasteiger partial charge in [-0.3, -0.25) is 4.79 Å². The van der Waals surface area contributed by atoms with Crippen molar-refractivity contribution in [2.75, 3.05) is 18.0 Å². The molecule has 0 spiro atoms. The monoisotopic (exact) mass is 452 g/mol. The summed E-state index contributed by atoms with van der Waals surface area (Å²) >= 11 is 0. The number of aromatic nitrogens is 2. The van der Waals surface area contributed by atoms with E-state index < -0.39 is 32.8 Å². The Balaban J connectivity index is 0.000000342. The van der Waals surface area contributed by atoms with E-state index in [0.29, 0.717) is 5.52 Å². The van der Waals surface area contributed by atoms with E-state index in [0.717, 1.165) is 55.9 Å². The maximum atomic E-state index is 12.3. The van der Waals surface area contributed by atoms with Crippen LogP contribution >= 0.6 is 0 Å². The smallest absolute Gasteiger partial charge is 0.268 e. The molecule has 168 valence electrons. The summed E-state index contributed by atoms with van der Waals surface area (Å²) in [5.41, 5.74) is 1.89. The lowest BCUT2D eigenvalue weighted by atomic mass is 10.2. The molecule has 1 amide bonds. The molecule has 10 heteroatoms. The number of nitrogens with one attached hydrogen (secondary N) is 1. The summed E-state index contributed by atoms with van der Waals surface area (Å²) in [7, 11) is -3.66. The van der Waals surface area contributed by atoms with E-state index in [4.69, 9.17) is 0 Å². The second kappa shape index (κ2) is 9.42. The van der Waals surface area contributed by atoms with Crippen molar-refractivity contribution in [3.05, 3.63) is 66.0 Å². The highest BCUT2D eigenvalue weighted by Crippen LogP contribution is 2.23. The Bertz CT molecular complexity index is 1140. The Kier molecular flexibility index (Phi) is 6.89. The molecule has 0 unspecified atom stereocenters. The van der Waals surface area contributed by atoms with Crippen LogP contribution in [0.5, 0.6) is 0 Å². The predicted molar refractivity (Wildman–Crippen MR) is 117 cm³/mol. The molecular formula is C21H26F2N4O3S. The Hall–Kier alpha value is -3.01. The lowest BCUT2D eigenvalue weighted by Gasteiger charge is -2.17. The zero-order valence-electron chi connectivity index (χ0n) is 17.3. The van der Waals surface area contributed by atoms with Gasteiger partial charge in [0.15, 0.2) is 0 Å². The van der Waals surface area contributed by atoms with Crippen LogP contribution in [-0.2, 0) is 10.0 Å². The largest absolute Gasteiger partial charge is 0.371 e. The molecule has 2 aromatic heterocycles. The van der Waals surface area contributed by atoms with Crippen LogP contribution in [0.15, 0.2) is 48.8 Å². The first-order chi connectivity index (χ1) is 14.7. The molecular weight excluding hydrogens is 426 g/mol. The maximum Gasteiger partial charge on any atom is 0.268 e. The van der Waals surface area contributed by atoms with Crippen LogP contribution in [-0.4, -0.2) is 42.3 Å². The molecule has 0 bridgehead atoms. The Morgan fingerprint density at radius 2 is 1.68 bits per heavy atom. The third-order valence-electron chi connectivity index (χ3n) is 4.88. The average molecular weight is 453 g/mol. The molecule has 1 fully saturated rings. The second-order valence-electron chi connectivity index (χ2n) is 7.43. The number of rotatable bonds is 4. The number of pyridine rings is 1. The van der Waals surface area contributed by atoms with Gasteiger partial charge in [0.1, 0.15) is 11.6 Å². The summed E-state index contributed by atoms with van der Waals surface area (Å²) in [4.78, 5) is 14.6. The van der Waals surface area contributed by atoms with Crippen molar-refractivity contribution in [3.63, 3.8) is 0 Å². The van der Waals surface area contributed by atoms with Gasteiger partial charge in [0, 0.05) is 26.4 Å². The Labute approximate surface area is 181 Å². The lowest BCUT2D eigenvalue weighted by molar-refractivity contribution is 0.0982. The highest BCUT2D eigenvalue weighted by atomic mass is 32.2. The number of benzene rings is 1. The highest BCUT2D eigenvalue weighted by molar-refractivity contribution is 7.90. The van der Waals surface area contributed by atoms with E-state index in [2.05, 4.69) is 14.7 Å². The quantitative estimate of drug-likeness (QED) is 0.654. The van der Waals surface area contributed by atoms with Gasteiger partial charge < -0.3 is 4.90 Å². The van der Waals surface area contributed by atoms with Gasteiger partial charge in [-0.05, 0) is 63.1 Å². The van der Waals surface area contributed by atoms with Crippen molar-refractivity contribution in [3.8, 4) is 0 Å². The number of fused-ring (bicyclic) bond motifs is 1. The van der Waals surface area contributed by atoms with Crippen LogP contribution in [0.25, 0.3) is 5.52 Å². The minimum Gasteiger partial charge on any atom is -0.371 e. The second-order valence-corrected chi connectivity index (χ2v) is 9.67. The van der Waals surface area contributed by atoms with Crippen molar-refractivity contribution in [1.29, 1.82) is 0 Å². The molecule has 0 atom stereocenters. The fraction of sp³-hybridized carbons (Fsp3) is 0.333. The van der Waals surface area contributed by atoms with E-state index in [1.807, 2.05) is 12.1 Å². The molecule has 1 aliphatic heterocycles. The summed E-state index contributed by atoms with van der Waals surface area (Å²) in [6, 6.07) is 8.16. The molecule has 1 N–H and O–H groups in total. The lowest BCUT2D eigenvalue weighted by Crippen LogP contribution is -2.35. The fourth-order valence-electron chi connectivity index (χ4n) is 3.05. The number of amides is 1. The van der Waals surface area contributed by atoms with Gasteiger partial charge in [0.05, 0.1) is 22.5 Å². The summed E-state index contributed by atoms with van der Waals surface area (Å²) in [5.74, 6) is -1.47. The van der Waals surface area contributed by atoms with Gasteiger partial charge >= 0.3 is 0 Å². The number of nitrogens with zero attached hydrogens (tertiary/aromatic N) is 3. The van der Waals surface area contributed by atoms with E-state index in [-0.39, 0.29) is 6.99 Å². The van der Waals surface area contributed by atoms with Crippen LogP contribution < -0.4 is 9.62 Å². The number of carbonyl (C=O) groups excluding carboxylic acids is 1. The Morgan fingerprint density at radius 1 is 1.10 bits per heavy atom. The molecule has 1 saturated heterocycles. The summed E-state index contributed by atoms with van der Waals surface area (Å²) in [5, 5.41) is 3.45. The Morgan fingerprint density at radius 3 is 2.23 bits per heavy atom.